The highest BCUT2D eigenvalue weighted by Crippen LogP contribution is 2.17. The maximum atomic E-state index is 10.8. The standard InChI is InChI=1S/C10H14N2O/c1-3-8-6-9(12-7(2)13)4-5-10(8)11/h4-6H,3,11H2,1-2H3,(H,12,13). The van der Waals surface area contributed by atoms with Crippen LogP contribution in [0.2, 0.25) is 0 Å². The summed E-state index contributed by atoms with van der Waals surface area (Å²) in [6, 6.07) is 5.51. The quantitative estimate of drug-likeness (QED) is 0.678. The SMILES string of the molecule is CCc1cc(NC(C)=O)ccc1N. The Kier molecular flexibility index (Phi) is 2.90. The van der Waals surface area contributed by atoms with Crippen molar-refractivity contribution in [1.82, 2.24) is 0 Å². The molecule has 13 heavy (non-hydrogen) atoms. The molecule has 0 bridgehead atoms. The van der Waals surface area contributed by atoms with Gasteiger partial charge < -0.3 is 11.1 Å². The minimum absolute atomic E-state index is 0.0631. The van der Waals surface area contributed by atoms with Gasteiger partial charge in [0.25, 0.3) is 0 Å². The van der Waals surface area contributed by atoms with Crippen LogP contribution in [0.5, 0.6) is 0 Å². The summed E-state index contributed by atoms with van der Waals surface area (Å²) in [5, 5.41) is 2.71. The molecule has 0 radical (unpaired) electrons. The fraction of sp³-hybridized carbons (Fsp3) is 0.300. The first kappa shape index (κ1) is 9.58. The maximum absolute atomic E-state index is 10.8. The Morgan fingerprint density at radius 2 is 2.23 bits per heavy atom. The minimum Gasteiger partial charge on any atom is -0.399 e. The lowest BCUT2D eigenvalue weighted by Gasteiger charge is -2.06. The van der Waals surface area contributed by atoms with Crippen molar-refractivity contribution in [2.75, 3.05) is 11.1 Å². The maximum Gasteiger partial charge on any atom is 0.221 e. The Hall–Kier alpha value is -1.51. The Balaban J connectivity index is 2.92. The number of hydrogen-bond acceptors (Lipinski definition) is 2. The number of amides is 1. The van der Waals surface area contributed by atoms with Crippen LogP contribution in [0.1, 0.15) is 19.4 Å². The Morgan fingerprint density at radius 3 is 2.77 bits per heavy atom. The summed E-state index contributed by atoms with van der Waals surface area (Å²) in [6.45, 7) is 3.52. The Morgan fingerprint density at radius 1 is 1.54 bits per heavy atom. The number of nitrogens with one attached hydrogen (secondary N) is 1. The van der Waals surface area contributed by atoms with Crippen molar-refractivity contribution in [3.63, 3.8) is 0 Å². The number of hydrogen-bond donors (Lipinski definition) is 2. The molecule has 3 nitrogen and oxygen atoms in total. The lowest BCUT2D eigenvalue weighted by Crippen LogP contribution is -2.06. The van der Waals surface area contributed by atoms with Gasteiger partial charge in [0.15, 0.2) is 0 Å². The second kappa shape index (κ2) is 3.94. The smallest absolute Gasteiger partial charge is 0.221 e. The second-order valence-electron chi connectivity index (χ2n) is 2.95. The minimum atomic E-state index is -0.0631. The average molecular weight is 178 g/mol. The average Bonchev–Trinajstić information content (AvgIpc) is 2.07. The summed E-state index contributed by atoms with van der Waals surface area (Å²) in [6.07, 6.45) is 0.874. The van der Waals surface area contributed by atoms with Crippen molar-refractivity contribution in [2.45, 2.75) is 20.3 Å². The van der Waals surface area contributed by atoms with E-state index in [0.29, 0.717) is 0 Å². The van der Waals surface area contributed by atoms with E-state index in [9.17, 15) is 4.79 Å². The fourth-order valence-electron chi connectivity index (χ4n) is 1.19. The number of benzene rings is 1. The normalized spacial score (nSPS) is 9.69. The van der Waals surface area contributed by atoms with E-state index < -0.39 is 0 Å². The molecule has 0 fully saturated rings. The van der Waals surface area contributed by atoms with Crippen molar-refractivity contribution in [3.8, 4) is 0 Å². The van der Waals surface area contributed by atoms with Crippen LogP contribution in [0.4, 0.5) is 11.4 Å². The number of rotatable bonds is 2. The van der Waals surface area contributed by atoms with E-state index in [2.05, 4.69) is 5.32 Å². The zero-order chi connectivity index (χ0) is 9.84. The molecule has 1 aromatic rings. The molecule has 1 aromatic carbocycles. The molecule has 0 aromatic heterocycles. The van der Waals surface area contributed by atoms with Gasteiger partial charge in [-0.05, 0) is 30.2 Å². The molecule has 0 unspecified atom stereocenters. The molecule has 3 heteroatoms. The van der Waals surface area contributed by atoms with E-state index in [1.54, 1.807) is 6.07 Å². The molecular formula is C10H14N2O. The van der Waals surface area contributed by atoms with Gasteiger partial charge in [-0.2, -0.15) is 0 Å². The first-order valence-corrected chi connectivity index (χ1v) is 4.29. The van der Waals surface area contributed by atoms with Crippen molar-refractivity contribution >= 4 is 17.3 Å². The second-order valence-corrected chi connectivity index (χ2v) is 2.95. The molecule has 3 N–H and O–H groups in total. The van der Waals surface area contributed by atoms with Gasteiger partial charge in [-0.25, -0.2) is 0 Å². The molecule has 1 rings (SSSR count). The van der Waals surface area contributed by atoms with Crippen LogP contribution < -0.4 is 11.1 Å². The van der Waals surface area contributed by atoms with Gasteiger partial charge in [0.05, 0.1) is 0 Å². The summed E-state index contributed by atoms with van der Waals surface area (Å²) in [7, 11) is 0. The van der Waals surface area contributed by atoms with Gasteiger partial charge in [-0.3, -0.25) is 4.79 Å². The molecule has 0 aliphatic rings. The Bertz CT molecular complexity index is 321. The number of carbonyl (C=O) groups is 1. The van der Waals surface area contributed by atoms with E-state index in [-0.39, 0.29) is 5.91 Å². The molecule has 70 valence electrons. The number of carbonyl (C=O) groups excluding carboxylic acids is 1. The number of nitrogen functional groups attached to an aromatic ring is 1. The van der Waals surface area contributed by atoms with E-state index >= 15 is 0 Å². The van der Waals surface area contributed by atoms with E-state index in [4.69, 9.17) is 5.73 Å². The molecule has 0 aliphatic heterocycles. The van der Waals surface area contributed by atoms with Crippen LogP contribution >= 0.6 is 0 Å². The van der Waals surface area contributed by atoms with Crippen LogP contribution in [-0.2, 0) is 11.2 Å². The van der Waals surface area contributed by atoms with Crippen molar-refractivity contribution in [1.29, 1.82) is 0 Å². The first-order chi connectivity index (χ1) is 6.13. The van der Waals surface area contributed by atoms with Crippen molar-refractivity contribution < 1.29 is 4.79 Å². The predicted octanol–water partition coefficient (Wildman–Crippen LogP) is 1.79. The van der Waals surface area contributed by atoms with E-state index in [1.165, 1.54) is 6.92 Å². The summed E-state index contributed by atoms with van der Waals surface area (Å²) in [5.74, 6) is -0.0631. The van der Waals surface area contributed by atoms with Gasteiger partial charge in [-0.15, -0.1) is 0 Å². The highest BCUT2D eigenvalue weighted by Gasteiger charge is 1.99. The third-order valence-corrected chi connectivity index (χ3v) is 1.84. The van der Waals surface area contributed by atoms with Crippen LogP contribution in [-0.4, -0.2) is 5.91 Å². The summed E-state index contributed by atoms with van der Waals surface area (Å²) in [5.41, 5.74) is 8.36. The molecule has 0 atom stereocenters. The largest absolute Gasteiger partial charge is 0.399 e. The predicted molar refractivity (Wildman–Crippen MR) is 54.5 cm³/mol. The van der Waals surface area contributed by atoms with Gasteiger partial charge in [0.1, 0.15) is 0 Å². The van der Waals surface area contributed by atoms with Gasteiger partial charge in [-0.1, -0.05) is 6.92 Å². The van der Waals surface area contributed by atoms with Gasteiger partial charge >= 0.3 is 0 Å². The van der Waals surface area contributed by atoms with Crippen molar-refractivity contribution in [3.05, 3.63) is 23.8 Å². The zero-order valence-electron chi connectivity index (χ0n) is 7.92. The topological polar surface area (TPSA) is 55.1 Å². The van der Waals surface area contributed by atoms with Crippen LogP contribution in [0.25, 0.3) is 0 Å². The number of aryl methyl sites for hydroxylation is 1. The van der Waals surface area contributed by atoms with Crippen LogP contribution in [0.15, 0.2) is 18.2 Å². The highest BCUT2D eigenvalue weighted by molar-refractivity contribution is 5.89. The molecule has 1 amide bonds. The molecule has 0 heterocycles. The lowest BCUT2D eigenvalue weighted by molar-refractivity contribution is -0.114. The Labute approximate surface area is 77.9 Å². The monoisotopic (exact) mass is 178 g/mol. The third-order valence-electron chi connectivity index (χ3n) is 1.84. The van der Waals surface area contributed by atoms with Gasteiger partial charge in [0.2, 0.25) is 5.91 Å². The molecule has 0 saturated heterocycles. The molecule has 0 aliphatic carbocycles. The number of nitrogens with two attached hydrogens (primary N) is 1. The van der Waals surface area contributed by atoms with Crippen molar-refractivity contribution in [2.24, 2.45) is 0 Å². The molecular weight excluding hydrogens is 164 g/mol. The highest BCUT2D eigenvalue weighted by atomic mass is 16.1. The van der Waals surface area contributed by atoms with Crippen LogP contribution in [0.3, 0.4) is 0 Å². The van der Waals surface area contributed by atoms with Gasteiger partial charge in [0, 0.05) is 18.3 Å². The molecule has 0 saturated carbocycles. The summed E-state index contributed by atoms with van der Waals surface area (Å²) in [4.78, 5) is 10.8. The summed E-state index contributed by atoms with van der Waals surface area (Å²) >= 11 is 0. The number of anilines is 2. The third kappa shape index (κ3) is 2.47. The fourth-order valence-corrected chi connectivity index (χ4v) is 1.19. The molecule has 0 spiro atoms. The summed E-state index contributed by atoms with van der Waals surface area (Å²) < 4.78 is 0. The first-order valence-electron chi connectivity index (χ1n) is 4.29. The lowest BCUT2D eigenvalue weighted by atomic mass is 10.1. The zero-order valence-corrected chi connectivity index (χ0v) is 7.92. The van der Waals surface area contributed by atoms with E-state index in [0.717, 1.165) is 23.4 Å². The van der Waals surface area contributed by atoms with E-state index in [1.807, 2.05) is 19.1 Å². The van der Waals surface area contributed by atoms with Crippen LogP contribution in [0, 0.1) is 0 Å².